The van der Waals surface area contributed by atoms with E-state index < -0.39 is 5.97 Å². The molecule has 1 heterocycles. The molecule has 0 aromatic heterocycles. The third-order valence-electron chi connectivity index (χ3n) is 3.91. The summed E-state index contributed by atoms with van der Waals surface area (Å²) in [6.07, 6.45) is 1.70. The molecule has 1 aliphatic heterocycles. The zero-order chi connectivity index (χ0) is 22.4. The highest BCUT2D eigenvalue weighted by atomic mass is 79.9. The highest BCUT2D eigenvalue weighted by molar-refractivity contribution is 9.10. The first-order chi connectivity index (χ1) is 14.9. The average Bonchev–Trinajstić information content (AvgIpc) is 3.07. The minimum atomic E-state index is -0.521. The van der Waals surface area contributed by atoms with Crippen LogP contribution in [-0.4, -0.2) is 37.4 Å². The number of aliphatic imine (C=N–C) groups is 1. The van der Waals surface area contributed by atoms with Gasteiger partial charge in [0, 0.05) is 0 Å². The minimum absolute atomic E-state index is 0.257. The van der Waals surface area contributed by atoms with Gasteiger partial charge in [-0.15, -0.1) is 0 Å². The van der Waals surface area contributed by atoms with Crippen LogP contribution < -0.4 is 14.8 Å². The van der Waals surface area contributed by atoms with Crippen molar-refractivity contribution in [3.05, 3.63) is 56.4 Å². The summed E-state index contributed by atoms with van der Waals surface area (Å²) in [4.78, 5) is 28.5. The number of amides is 1. The summed E-state index contributed by atoms with van der Waals surface area (Å²) in [6.45, 7) is 2.24. The van der Waals surface area contributed by atoms with Crippen molar-refractivity contribution in [2.75, 3.05) is 20.3 Å². The molecule has 10 heteroatoms. The monoisotopic (exact) mass is 524 g/mol. The molecule has 0 bridgehead atoms. The van der Waals surface area contributed by atoms with Gasteiger partial charge in [0.25, 0.3) is 5.91 Å². The number of benzene rings is 2. The van der Waals surface area contributed by atoms with Gasteiger partial charge in [-0.3, -0.25) is 4.79 Å². The number of carbonyl (C=O) groups is 2. The topological polar surface area (TPSA) is 86.2 Å². The summed E-state index contributed by atoms with van der Waals surface area (Å²) in [5, 5.41) is 3.51. The van der Waals surface area contributed by atoms with Crippen LogP contribution in [0.5, 0.6) is 11.5 Å². The Hall–Kier alpha value is -2.49. The van der Waals surface area contributed by atoms with Crippen LogP contribution in [-0.2, 0) is 14.3 Å². The zero-order valence-electron chi connectivity index (χ0n) is 16.6. The molecule has 0 spiro atoms. The summed E-state index contributed by atoms with van der Waals surface area (Å²) >= 11 is 10.9. The molecule has 2 aromatic carbocycles. The van der Waals surface area contributed by atoms with E-state index in [1.165, 1.54) is 18.9 Å². The molecule has 1 N–H and O–H groups in total. The number of nitrogens with one attached hydrogen (secondary N) is 1. The van der Waals surface area contributed by atoms with E-state index in [2.05, 4.69) is 31.0 Å². The van der Waals surface area contributed by atoms with E-state index in [1.54, 1.807) is 18.2 Å². The second kappa shape index (κ2) is 10.7. The van der Waals surface area contributed by atoms with Crippen molar-refractivity contribution in [1.29, 1.82) is 0 Å². The predicted molar refractivity (Wildman–Crippen MR) is 125 cm³/mol. The smallest absolute Gasteiger partial charge is 0.343 e. The van der Waals surface area contributed by atoms with E-state index in [1.807, 2.05) is 31.2 Å². The molecule has 162 valence electrons. The molecule has 0 aliphatic carbocycles. The number of halogens is 2. The van der Waals surface area contributed by atoms with Crippen molar-refractivity contribution in [1.82, 2.24) is 5.32 Å². The normalized spacial score (nSPS) is 15.8. The lowest BCUT2D eigenvalue weighted by Crippen LogP contribution is -2.19. The number of hydrogen-bond acceptors (Lipinski definition) is 7. The number of amidine groups is 1. The Kier molecular flexibility index (Phi) is 8.00. The molecule has 1 amide bonds. The Labute approximate surface area is 196 Å². The molecular formula is C21H18BrClN2O5S. The Balaban J connectivity index is 1.74. The molecule has 31 heavy (non-hydrogen) atoms. The fourth-order valence-corrected chi connectivity index (χ4v) is 4.35. The van der Waals surface area contributed by atoms with Gasteiger partial charge in [-0.25, -0.2) is 9.79 Å². The van der Waals surface area contributed by atoms with Gasteiger partial charge in [0.2, 0.25) is 0 Å². The van der Waals surface area contributed by atoms with E-state index in [4.69, 9.17) is 21.1 Å². The number of thioether (sulfide) groups is 1. The largest absolute Gasteiger partial charge is 0.494 e. The number of nitrogens with zero attached hydrogens (tertiary/aromatic N) is 1. The zero-order valence-corrected chi connectivity index (χ0v) is 19.8. The van der Waals surface area contributed by atoms with E-state index >= 15 is 0 Å². The number of rotatable bonds is 7. The molecule has 1 fully saturated rings. The molecule has 0 atom stereocenters. The van der Waals surface area contributed by atoms with Gasteiger partial charge in [0.05, 0.1) is 33.8 Å². The van der Waals surface area contributed by atoms with Gasteiger partial charge < -0.3 is 19.5 Å². The number of carbonyl (C=O) groups excluding carboxylic acids is 2. The molecule has 0 saturated carbocycles. The summed E-state index contributed by atoms with van der Waals surface area (Å²) < 4.78 is 15.9. The van der Waals surface area contributed by atoms with Crippen molar-refractivity contribution >= 4 is 68.1 Å². The molecular weight excluding hydrogens is 508 g/mol. The third-order valence-corrected chi connectivity index (χ3v) is 5.69. The first-order valence-corrected chi connectivity index (χ1v) is 11.1. The van der Waals surface area contributed by atoms with Crippen molar-refractivity contribution in [2.45, 2.75) is 6.92 Å². The number of hydrogen-bond donors (Lipinski definition) is 1. The highest BCUT2D eigenvalue weighted by Gasteiger charge is 2.24. The second-order valence-corrected chi connectivity index (χ2v) is 8.38. The van der Waals surface area contributed by atoms with Crippen LogP contribution >= 0.6 is 39.3 Å². The molecule has 1 saturated heterocycles. The van der Waals surface area contributed by atoms with Crippen molar-refractivity contribution in [3.63, 3.8) is 0 Å². The van der Waals surface area contributed by atoms with Crippen molar-refractivity contribution < 1.29 is 23.8 Å². The fourth-order valence-electron chi connectivity index (χ4n) is 2.52. The molecule has 0 radical (unpaired) electrons. The average molecular weight is 526 g/mol. The van der Waals surface area contributed by atoms with Gasteiger partial charge in [-0.05, 0) is 82.7 Å². The third kappa shape index (κ3) is 6.25. The Bertz CT molecular complexity index is 1030. The van der Waals surface area contributed by atoms with Crippen LogP contribution in [0.15, 0.2) is 50.8 Å². The number of methoxy groups -OCH3 is 1. The first-order valence-electron chi connectivity index (χ1n) is 9.10. The SMILES string of the molecule is CCOc1ccc(N=C2NC(=O)/C(=C\c3cc(Cl)c(OCC(=O)OC)c(Br)c3)S2)cc1. The molecule has 7 nitrogen and oxygen atoms in total. The molecule has 2 aromatic rings. The maximum absolute atomic E-state index is 12.3. The van der Waals surface area contributed by atoms with Gasteiger partial charge in [-0.2, -0.15) is 0 Å². The quantitative estimate of drug-likeness (QED) is 0.407. The van der Waals surface area contributed by atoms with Crippen molar-refractivity contribution in [3.8, 4) is 11.5 Å². The molecule has 1 aliphatic rings. The summed E-state index contributed by atoms with van der Waals surface area (Å²) in [5.74, 6) is 0.299. The predicted octanol–water partition coefficient (Wildman–Crippen LogP) is 4.94. The lowest BCUT2D eigenvalue weighted by Gasteiger charge is -2.10. The van der Waals surface area contributed by atoms with Gasteiger partial charge in [-0.1, -0.05) is 11.6 Å². The lowest BCUT2D eigenvalue weighted by atomic mass is 10.2. The first kappa shape index (κ1) is 23.2. The van der Waals surface area contributed by atoms with Crippen LogP contribution in [0.2, 0.25) is 5.02 Å². The van der Waals surface area contributed by atoms with Crippen LogP contribution in [0, 0.1) is 0 Å². The standard InChI is InChI=1S/C21H18BrClN2O5S/c1-3-29-14-6-4-13(5-7-14)24-21-25-20(27)17(31-21)10-12-8-15(22)19(16(23)9-12)30-11-18(26)28-2/h4-10H,3,11H2,1-2H3,(H,24,25,27)/b17-10+. The van der Waals surface area contributed by atoms with Crippen LogP contribution in [0.25, 0.3) is 6.08 Å². The van der Waals surface area contributed by atoms with E-state index in [0.29, 0.717) is 38.2 Å². The van der Waals surface area contributed by atoms with Gasteiger partial charge >= 0.3 is 5.97 Å². The van der Waals surface area contributed by atoms with Crippen LogP contribution in [0.1, 0.15) is 12.5 Å². The summed E-state index contributed by atoms with van der Waals surface area (Å²) in [6, 6.07) is 10.7. The number of ether oxygens (including phenoxy) is 3. The molecule has 3 rings (SSSR count). The molecule has 0 unspecified atom stereocenters. The van der Waals surface area contributed by atoms with E-state index in [-0.39, 0.29) is 17.5 Å². The van der Waals surface area contributed by atoms with Gasteiger partial charge in [0.1, 0.15) is 5.75 Å². The minimum Gasteiger partial charge on any atom is -0.494 e. The van der Waals surface area contributed by atoms with Crippen LogP contribution in [0.3, 0.4) is 0 Å². The Morgan fingerprint density at radius 1 is 1.26 bits per heavy atom. The van der Waals surface area contributed by atoms with Gasteiger partial charge in [0.15, 0.2) is 17.5 Å². The maximum atomic E-state index is 12.3. The number of esters is 1. The Morgan fingerprint density at radius 2 is 2.00 bits per heavy atom. The van der Waals surface area contributed by atoms with Crippen LogP contribution in [0.4, 0.5) is 5.69 Å². The lowest BCUT2D eigenvalue weighted by molar-refractivity contribution is -0.142. The Morgan fingerprint density at radius 3 is 2.65 bits per heavy atom. The van der Waals surface area contributed by atoms with E-state index in [9.17, 15) is 9.59 Å². The fraction of sp³-hybridized carbons (Fsp3) is 0.190. The summed E-state index contributed by atoms with van der Waals surface area (Å²) in [7, 11) is 1.27. The van der Waals surface area contributed by atoms with E-state index in [0.717, 1.165) is 5.75 Å². The van der Waals surface area contributed by atoms with Crippen molar-refractivity contribution in [2.24, 2.45) is 4.99 Å². The maximum Gasteiger partial charge on any atom is 0.343 e. The summed E-state index contributed by atoms with van der Waals surface area (Å²) in [5.41, 5.74) is 1.38. The second-order valence-electron chi connectivity index (χ2n) is 6.09. The highest BCUT2D eigenvalue weighted by Crippen LogP contribution is 2.36.